The van der Waals surface area contributed by atoms with E-state index in [1.54, 1.807) is 14.0 Å². The summed E-state index contributed by atoms with van der Waals surface area (Å²) < 4.78 is -0.110. The average molecular weight is 291 g/mol. The Kier molecular flexibility index (Phi) is 3.52. The Labute approximate surface area is 120 Å². The van der Waals surface area contributed by atoms with Gasteiger partial charge in [0.1, 0.15) is 11.8 Å². The van der Waals surface area contributed by atoms with E-state index in [4.69, 9.17) is 17.5 Å². The molecule has 102 valence electrons. The molecule has 2 atom stereocenters. The maximum absolute atomic E-state index is 11.2. The van der Waals surface area contributed by atoms with E-state index in [1.165, 1.54) is 12.3 Å². The molecule has 0 spiro atoms. The molecule has 8 nitrogen and oxygen atoms in total. The number of amidine groups is 1. The van der Waals surface area contributed by atoms with Gasteiger partial charge in [-0.1, -0.05) is 0 Å². The van der Waals surface area contributed by atoms with E-state index in [0.29, 0.717) is 12.4 Å². The fourth-order valence-electron chi connectivity index (χ4n) is 2.06. The second kappa shape index (κ2) is 4.99. The van der Waals surface area contributed by atoms with Crippen molar-refractivity contribution in [3.05, 3.63) is 33.9 Å². The Morgan fingerprint density at radius 3 is 2.90 bits per heavy atom. The van der Waals surface area contributed by atoms with Gasteiger partial charge in [-0.2, -0.15) is 10.3 Å². The molecule has 1 aromatic heterocycles. The van der Waals surface area contributed by atoms with Gasteiger partial charge >= 0.3 is 6.17 Å². The highest BCUT2D eigenvalue weighted by molar-refractivity contribution is 7.80. The quantitative estimate of drug-likeness (QED) is 0.347. The zero-order valence-electron chi connectivity index (χ0n) is 10.8. The smallest absolute Gasteiger partial charge is 0.259 e. The molecule has 0 bridgehead atoms. The summed E-state index contributed by atoms with van der Waals surface area (Å²) in [7, 11) is 1.66. The lowest BCUT2D eigenvalue weighted by Crippen LogP contribution is -2.58. The van der Waals surface area contributed by atoms with Gasteiger partial charge in [0.15, 0.2) is 0 Å². The summed E-state index contributed by atoms with van der Waals surface area (Å²) >= 11 is 5.00. The second-order valence-corrected chi connectivity index (χ2v) is 4.81. The minimum Gasteiger partial charge on any atom is -0.259 e. The molecule has 2 heterocycles. The lowest BCUT2D eigenvalue weighted by atomic mass is 10.3. The van der Waals surface area contributed by atoms with E-state index >= 15 is 0 Å². The highest BCUT2D eigenvalue weighted by Crippen LogP contribution is 2.25. The lowest BCUT2D eigenvalue weighted by Gasteiger charge is -2.28. The summed E-state index contributed by atoms with van der Waals surface area (Å²) in [6.45, 7) is 2.21. The van der Waals surface area contributed by atoms with Gasteiger partial charge in [-0.15, -0.1) is 0 Å². The number of nitrogens with zero attached hydrogens (tertiary/aromatic N) is 6. The first-order valence-electron chi connectivity index (χ1n) is 5.79. The van der Waals surface area contributed by atoms with Crippen molar-refractivity contribution in [3.63, 3.8) is 0 Å². The van der Waals surface area contributed by atoms with Crippen LogP contribution in [0, 0.1) is 21.4 Å². The minimum atomic E-state index is -1.13. The Morgan fingerprint density at radius 2 is 2.35 bits per heavy atom. The van der Waals surface area contributed by atoms with Crippen LogP contribution in [0.3, 0.4) is 0 Å². The van der Waals surface area contributed by atoms with E-state index in [0.717, 1.165) is 0 Å². The van der Waals surface area contributed by atoms with Crippen molar-refractivity contribution in [2.75, 3.05) is 13.6 Å². The highest BCUT2D eigenvalue weighted by Gasteiger charge is 2.55. The third-order valence-corrected chi connectivity index (χ3v) is 3.59. The van der Waals surface area contributed by atoms with E-state index in [9.17, 15) is 10.1 Å². The standard InChI is InChI=1S/C11H11N6O2S/c1-3-17(2)9(15-10(20)11(17)16(18)19)8-13-5-4-7(6-12)14-8/h4-5,11H,3H2,1-2H3/q+1. The summed E-state index contributed by atoms with van der Waals surface area (Å²) in [5.41, 5.74) is 0.177. The van der Waals surface area contributed by atoms with E-state index in [-0.39, 0.29) is 21.0 Å². The molecule has 0 fully saturated rings. The second-order valence-electron chi connectivity index (χ2n) is 4.39. The molecule has 0 saturated heterocycles. The van der Waals surface area contributed by atoms with Crippen LogP contribution in [0.2, 0.25) is 0 Å². The zero-order valence-corrected chi connectivity index (χ0v) is 11.7. The van der Waals surface area contributed by atoms with Crippen LogP contribution in [0.15, 0.2) is 17.3 Å². The van der Waals surface area contributed by atoms with Gasteiger partial charge in [0.25, 0.3) is 5.84 Å². The fourth-order valence-corrected chi connectivity index (χ4v) is 2.47. The molecule has 2 unspecified atom stereocenters. The van der Waals surface area contributed by atoms with Crippen LogP contribution in [0.4, 0.5) is 0 Å². The van der Waals surface area contributed by atoms with Crippen LogP contribution in [-0.4, -0.2) is 50.0 Å². The summed E-state index contributed by atoms with van der Waals surface area (Å²) in [5, 5.41) is 20.1. The molecule has 2 rings (SSSR count). The van der Waals surface area contributed by atoms with Crippen LogP contribution >= 0.6 is 12.2 Å². The first kappa shape index (κ1) is 14.1. The number of aliphatic imine (C=N–C) groups is 1. The van der Waals surface area contributed by atoms with Gasteiger partial charge in [0.05, 0.1) is 18.5 Å². The highest BCUT2D eigenvalue weighted by atomic mass is 32.1. The molecular formula is C11H11N6O2S+. The van der Waals surface area contributed by atoms with Gasteiger partial charge in [0, 0.05) is 6.20 Å². The number of hydrogen-bond donors (Lipinski definition) is 0. The topological polar surface area (TPSA) is 105 Å². The normalized spacial score (nSPS) is 25.1. The van der Waals surface area contributed by atoms with Crippen LogP contribution in [0.25, 0.3) is 0 Å². The Morgan fingerprint density at radius 1 is 1.65 bits per heavy atom. The molecule has 0 amide bonds. The third kappa shape index (κ3) is 2.04. The third-order valence-electron chi connectivity index (χ3n) is 3.29. The number of rotatable bonds is 3. The van der Waals surface area contributed by atoms with Crippen molar-refractivity contribution >= 4 is 23.0 Å². The van der Waals surface area contributed by atoms with Crippen molar-refractivity contribution in [2.24, 2.45) is 4.99 Å². The summed E-state index contributed by atoms with van der Waals surface area (Å²) in [4.78, 5) is 23.0. The molecule has 1 aromatic rings. The Hall–Kier alpha value is -2.31. The molecule has 1 aliphatic rings. The molecular weight excluding hydrogens is 280 g/mol. The Balaban J connectivity index is 2.56. The predicted molar refractivity (Wildman–Crippen MR) is 73.4 cm³/mol. The van der Waals surface area contributed by atoms with Crippen LogP contribution in [0.1, 0.15) is 18.4 Å². The molecule has 9 heteroatoms. The molecule has 0 saturated carbocycles. The molecule has 0 aromatic carbocycles. The minimum absolute atomic E-state index is 0.000288. The van der Waals surface area contributed by atoms with Crippen molar-refractivity contribution < 1.29 is 9.41 Å². The number of nitriles is 1. The van der Waals surface area contributed by atoms with Crippen LogP contribution in [0.5, 0.6) is 0 Å². The van der Waals surface area contributed by atoms with Crippen molar-refractivity contribution in [1.29, 1.82) is 5.26 Å². The lowest BCUT2D eigenvalue weighted by molar-refractivity contribution is -0.921. The van der Waals surface area contributed by atoms with Crippen LogP contribution < -0.4 is 0 Å². The van der Waals surface area contributed by atoms with Gasteiger partial charge in [-0.3, -0.25) is 10.1 Å². The van der Waals surface area contributed by atoms with Gasteiger partial charge in [0.2, 0.25) is 10.8 Å². The zero-order chi connectivity index (χ0) is 14.9. The maximum atomic E-state index is 11.2. The van der Waals surface area contributed by atoms with Crippen molar-refractivity contribution in [3.8, 4) is 6.07 Å². The summed E-state index contributed by atoms with van der Waals surface area (Å²) in [6, 6.07) is 3.36. The number of thiocarbonyl (C=S) groups is 1. The average Bonchev–Trinajstić information content (AvgIpc) is 2.71. The van der Waals surface area contributed by atoms with Gasteiger partial charge in [-0.05, 0) is 25.2 Å². The largest absolute Gasteiger partial charge is 0.395 e. The van der Waals surface area contributed by atoms with E-state index < -0.39 is 11.1 Å². The SMILES string of the molecule is CC[N+]1(C)C(c2nccc(C#N)n2)=NC(=S)C1[N+](=O)[O-]. The van der Waals surface area contributed by atoms with Crippen LogP contribution in [-0.2, 0) is 0 Å². The molecule has 1 aliphatic heterocycles. The first-order chi connectivity index (χ1) is 9.43. The predicted octanol–water partition coefficient (Wildman–Crippen LogP) is 0.505. The molecule has 0 aliphatic carbocycles. The van der Waals surface area contributed by atoms with Crippen molar-refractivity contribution in [2.45, 2.75) is 13.1 Å². The number of aromatic nitrogens is 2. The van der Waals surface area contributed by atoms with E-state index in [2.05, 4.69) is 15.0 Å². The monoisotopic (exact) mass is 291 g/mol. The first-order valence-corrected chi connectivity index (χ1v) is 6.20. The fraction of sp³-hybridized carbons (Fsp3) is 0.364. The van der Waals surface area contributed by atoms with Gasteiger partial charge < -0.3 is 0 Å². The Bertz CT molecular complexity index is 667. The molecule has 20 heavy (non-hydrogen) atoms. The number of nitro groups is 1. The number of quaternary nitrogens is 1. The molecule has 0 N–H and O–H groups in total. The number of likely N-dealkylation sites (N-methyl/N-ethyl adjacent to an activating group) is 1. The molecule has 0 radical (unpaired) electrons. The van der Waals surface area contributed by atoms with Gasteiger partial charge in [-0.25, -0.2) is 14.5 Å². The summed E-state index contributed by atoms with van der Waals surface area (Å²) in [6.07, 6.45) is 0.297. The summed E-state index contributed by atoms with van der Waals surface area (Å²) in [5.74, 6) is 0.511. The number of hydrogen-bond acceptors (Lipinski definition) is 6. The maximum Gasteiger partial charge on any atom is 0.395 e. The van der Waals surface area contributed by atoms with Crippen molar-refractivity contribution in [1.82, 2.24) is 9.97 Å². The van der Waals surface area contributed by atoms with E-state index in [1.807, 2.05) is 6.07 Å².